The summed E-state index contributed by atoms with van der Waals surface area (Å²) in [5.74, 6) is 0. The normalized spacial score (nSPS) is 10.7. The Morgan fingerprint density at radius 2 is 1.81 bits per heavy atom. The molecule has 1 heterocycles. The molecule has 0 saturated carbocycles. The van der Waals surface area contributed by atoms with Crippen molar-refractivity contribution in [1.29, 1.82) is 0 Å². The van der Waals surface area contributed by atoms with Gasteiger partial charge in [0.15, 0.2) is 0 Å². The van der Waals surface area contributed by atoms with Crippen molar-refractivity contribution in [2.45, 2.75) is 6.92 Å². The highest BCUT2D eigenvalue weighted by Gasteiger charge is 2.17. The summed E-state index contributed by atoms with van der Waals surface area (Å²) >= 11 is 0. The van der Waals surface area contributed by atoms with E-state index >= 15 is 0 Å². The zero-order chi connectivity index (χ0) is 15.0. The van der Waals surface area contributed by atoms with Gasteiger partial charge in [-0.3, -0.25) is 14.6 Å². The van der Waals surface area contributed by atoms with Crippen LogP contribution in [0.5, 0.6) is 0 Å². The highest BCUT2D eigenvalue weighted by molar-refractivity contribution is 5.78. The molecule has 0 aliphatic carbocycles. The summed E-state index contributed by atoms with van der Waals surface area (Å²) in [7, 11) is 0. The first kappa shape index (κ1) is 13.1. The Morgan fingerprint density at radius 3 is 2.52 bits per heavy atom. The fourth-order valence-electron chi connectivity index (χ4n) is 2.18. The minimum Gasteiger partial charge on any atom is -0.394 e. The quantitative estimate of drug-likeness (QED) is 0.716. The van der Waals surface area contributed by atoms with Crippen LogP contribution in [-0.2, 0) is 0 Å². The van der Waals surface area contributed by atoms with E-state index in [1.165, 1.54) is 0 Å². The Bertz CT molecular complexity index is 893. The van der Waals surface area contributed by atoms with E-state index in [9.17, 15) is 9.59 Å². The lowest BCUT2D eigenvalue weighted by Crippen LogP contribution is -2.36. The Kier molecular flexibility index (Phi) is 3.02. The van der Waals surface area contributed by atoms with Gasteiger partial charge in [-0.1, -0.05) is 12.1 Å². The molecule has 1 aromatic heterocycles. The van der Waals surface area contributed by atoms with Crippen molar-refractivity contribution in [1.82, 2.24) is 4.98 Å². The molecule has 3 rings (SSSR count). The fraction of sp³-hybridized carbons (Fsp3) is 0.0625. The second kappa shape index (κ2) is 4.86. The van der Waals surface area contributed by atoms with Crippen LogP contribution < -0.4 is 21.9 Å². The van der Waals surface area contributed by atoms with E-state index in [0.717, 1.165) is 16.8 Å². The zero-order valence-electron chi connectivity index (χ0n) is 11.4. The Labute approximate surface area is 120 Å². The van der Waals surface area contributed by atoms with Crippen LogP contribution >= 0.6 is 0 Å². The number of aromatic nitrogens is 1. The maximum Gasteiger partial charge on any atom is 0.253 e. The van der Waals surface area contributed by atoms with Crippen LogP contribution in [0.25, 0.3) is 11.1 Å². The van der Waals surface area contributed by atoms with Gasteiger partial charge < -0.3 is 11.1 Å². The minimum absolute atomic E-state index is 0.00911. The number of aryl methyl sites for hydroxylation is 1. The molecule has 0 atom stereocenters. The van der Waals surface area contributed by atoms with Crippen LogP contribution in [0.4, 0.5) is 17.1 Å². The number of nitrogens with one attached hydrogen (secondary N) is 1. The van der Waals surface area contributed by atoms with E-state index in [1.54, 1.807) is 6.20 Å². The number of anilines is 3. The molecule has 0 aliphatic rings. The average molecular weight is 279 g/mol. The van der Waals surface area contributed by atoms with Crippen LogP contribution in [0, 0.1) is 6.92 Å². The molecule has 104 valence electrons. The second-order valence-corrected chi connectivity index (χ2v) is 4.84. The van der Waals surface area contributed by atoms with Gasteiger partial charge >= 0.3 is 0 Å². The third kappa shape index (κ3) is 2.29. The fourth-order valence-corrected chi connectivity index (χ4v) is 2.18. The number of nitrogens with zero attached hydrogens (tertiary/aromatic N) is 1. The molecule has 0 bridgehead atoms. The van der Waals surface area contributed by atoms with Crippen LogP contribution in [0.2, 0.25) is 0 Å². The van der Waals surface area contributed by atoms with Gasteiger partial charge in [0.25, 0.3) is 10.9 Å². The average Bonchev–Trinajstić information content (AvgIpc) is 2.52. The van der Waals surface area contributed by atoms with Gasteiger partial charge in [0.05, 0.1) is 0 Å². The highest BCUT2D eigenvalue weighted by atomic mass is 16.2. The maximum absolute atomic E-state index is 11.4. The van der Waals surface area contributed by atoms with Crippen molar-refractivity contribution in [2.75, 3.05) is 11.1 Å². The molecule has 3 N–H and O–H groups in total. The third-order valence-corrected chi connectivity index (χ3v) is 3.31. The predicted molar refractivity (Wildman–Crippen MR) is 83.5 cm³/mol. The summed E-state index contributed by atoms with van der Waals surface area (Å²) in [6, 6.07) is 11.4. The third-order valence-electron chi connectivity index (χ3n) is 3.31. The van der Waals surface area contributed by atoms with Crippen molar-refractivity contribution >= 4 is 17.1 Å². The molecule has 0 fully saturated rings. The molecule has 21 heavy (non-hydrogen) atoms. The summed E-state index contributed by atoms with van der Waals surface area (Å²) in [6.45, 7) is 1.93. The molecule has 0 spiro atoms. The van der Waals surface area contributed by atoms with E-state index in [0.29, 0.717) is 5.69 Å². The topological polar surface area (TPSA) is 85.1 Å². The summed E-state index contributed by atoms with van der Waals surface area (Å²) in [5.41, 5.74) is 8.13. The monoisotopic (exact) mass is 279 g/mol. The number of hydrogen-bond donors (Lipinski definition) is 2. The number of pyridine rings is 1. The van der Waals surface area contributed by atoms with Crippen LogP contribution in [-0.4, -0.2) is 4.98 Å². The molecule has 0 unspecified atom stereocenters. The summed E-state index contributed by atoms with van der Waals surface area (Å²) < 4.78 is 0. The number of rotatable bonds is 3. The number of nitrogen functional groups attached to an aromatic ring is 1. The van der Waals surface area contributed by atoms with Gasteiger partial charge in [-0.2, -0.15) is 0 Å². The molecular weight excluding hydrogens is 266 g/mol. The molecular formula is C16H13N3O2. The van der Waals surface area contributed by atoms with Crippen molar-refractivity contribution in [3.8, 4) is 11.1 Å². The molecule has 0 radical (unpaired) electrons. The van der Waals surface area contributed by atoms with Crippen molar-refractivity contribution in [3.05, 3.63) is 68.7 Å². The standard InChI is InChI=1S/C16H13N3O2/c1-9-7-11(5-6-18-9)10-3-2-4-12(8-10)19-14-13(17)15(20)16(14)21/h2-8,19H,17H2,1H3. The van der Waals surface area contributed by atoms with E-state index in [2.05, 4.69) is 10.3 Å². The lowest BCUT2D eigenvalue weighted by atomic mass is 10.1. The molecule has 3 aromatic rings. The molecule has 2 aromatic carbocycles. The van der Waals surface area contributed by atoms with Gasteiger partial charge in [0, 0.05) is 17.6 Å². The van der Waals surface area contributed by atoms with Crippen molar-refractivity contribution in [3.63, 3.8) is 0 Å². The number of benzene rings is 1. The van der Waals surface area contributed by atoms with Gasteiger partial charge in [-0.25, -0.2) is 0 Å². The highest BCUT2D eigenvalue weighted by Crippen LogP contribution is 2.25. The van der Waals surface area contributed by atoms with Gasteiger partial charge in [-0.05, 0) is 42.3 Å². The van der Waals surface area contributed by atoms with E-state index in [4.69, 9.17) is 5.73 Å². The first-order valence-electron chi connectivity index (χ1n) is 6.45. The molecule has 5 nitrogen and oxygen atoms in total. The number of hydrogen-bond acceptors (Lipinski definition) is 5. The van der Waals surface area contributed by atoms with Crippen LogP contribution in [0.15, 0.2) is 52.2 Å². The molecule has 0 amide bonds. The summed E-state index contributed by atoms with van der Waals surface area (Å²) in [6.07, 6.45) is 1.75. The summed E-state index contributed by atoms with van der Waals surface area (Å²) in [5, 5.41) is 2.90. The smallest absolute Gasteiger partial charge is 0.253 e. The molecule has 5 heteroatoms. The van der Waals surface area contributed by atoms with E-state index in [-0.39, 0.29) is 11.4 Å². The molecule has 0 aliphatic heterocycles. The Hall–Kier alpha value is -2.95. The lowest BCUT2D eigenvalue weighted by molar-refractivity contribution is 1.20. The summed E-state index contributed by atoms with van der Waals surface area (Å²) in [4.78, 5) is 26.7. The SMILES string of the molecule is Cc1cc(-c2cccc(Nc3c(N)c(=O)c3=O)c2)ccn1. The van der Waals surface area contributed by atoms with Crippen LogP contribution in [0.1, 0.15) is 5.69 Å². The lowest BCUT2D eigenvalue weighted by Gasteiger charge is -2.11. The second-order valence-electron chi connectivity index (χ2n) is 4.84. The first-order valence-corrected chi connectivity index (χ1v) is 6.45. The van der Waals surface area contributed by atoms with E-state index in [1.807, 2.05) is 43.3 Å². The molecule has 0 saturated heterocycles. The zero-order valence-corrected chi connectivity index (χ0v) is 11.4. The number of nitrogens with two attached hydrogens (primary N) is 1. The predicted octanol–water partition coefficient (Wildman–Crippen LogP) is 1.98. The minimum atomic E-state index is -0.626. The van der Waals surface area contributed by atoms with Crippen molar-refractivity contribution in [2.24, 2.45) is 0 Å². The Balaban J connectivity index is 1.94. The van der Waals surface area contributed by atoms with Gasteiger partial charge in [-0.15, -0.1) is 0 Å². The largest absolute Gasteiger partial charge is 0.394 e. The van der Waals surface area contributed by atoms with E-state index < -0.39 is 10.9 Å². The first-order chi connectivity index (χ1) is 10.1. The maximum atomic E-state index is 11.4. The Morgan fingerprint density at radius 1 is 1.05 bits per heavy atom. The van der Waals surface area contributed by atoms with Gasteiger partial charge in [0.1, 0.15) is 11.4 Å². The van der Waals surface area contributed by atoms with Gasteiger partial charge in [0.2, 0.25) is 0 Å². The van der Waals surface area contributed by atoms with Crippen molar-refractivity contribution < 1.29 is 0 Å². The van der Waals surface area contributed by atoms with Crippen LogP contribution in [0.3, 0.4) is 0 Å².